The van der Waals surface area contributed by atoms with Crippen molar-refractivity contribution in [1.29, 1.82) is 0 Å². The smallest absolute Gasteiger partial charge is 0.475 e. The number of carbonyl (C=O) groups is 3. The number of nitrogens with zero attached hydrogens (tertiary/aromatic N) is 4. The highest BCUT2D eigenvalue weighted by molar-refractivity contribution is 5.98. The molecule has 0 spiro atoms. The lowest BCUT2D eigenvalue weighted by Gasteiger charge is -2.18. The molecule has 42 heavy (non-hydrogen) atoms. The Labute approximate surface area is 237 Å². The molecular weight excluding hydrogens is 576 g/mol. The first-order valence-electron chi connectivity index (χ1n) is 12.7. The minimum Gasteiger partial charge on any atom is -0.475 e. The molecule has 2 aliphatic rings. The minimum atomic E-state index is -5.08. The number of carboxylic acid groups (broad SMARTS) is 2. The molecule has 3 heterocycles. The number of amides is 1. The van der Waals surface area contributed by atoms with Gasteiger partial charge in [0, 0.05) is 58.6 Å². The lowest BCUT2D eigenvalue weighted by Crippen LogP contribution is -2.26. The quantitative estimate of drug-likeness (QED) is 0.418. The maximum absolute atomic E-state index is 12.7. The molecule has 1 aliphatic heterocycles. The average Bonchev–Trinajstić information content (AvgIpc) is 3.75. The summed E-state index contributed by atoms with van der Waals surface area (Å²) in [5.41, 5.74) is 4.11. The van der Waals surface area contributed by atoms with Crippen LogP contribution in [-0.4, -0.2) is 93.9 Å². The summed E-state index contributed by atoms with van der Waals surface area (Å²) in [6, 6.07) is 8.13. The van der Waals surface area contributed by atoms with Gasteiger partial charge in [-0.1, -0.05) is 6.07 Å². The highest BCUT2D eigenvalue weighted by Crippen LogP contribution is 2.30. The Morgan fingerprint density at radius 3 is 2.05 bits per heavy atom. The molecule has 0 saturated heterocycles. The minimum absolute atomic E-state index is 0.0168. The number of carboxylic acids is 2. The van der Waals surface area contributed by atoms with Crippen molar-refractivity contribution in [3.8, 4) is 0 Å². The molecule has 1 fully saturated rings. The summed E-state index contributed by atoms with van der Waals surface area (Å²) in [7, 11) is 3.60. The normalized spacial score (nSPS) is 15.0. The van der Waals surface area contributed by atoms with Crippen molar-refractivity contribution in [3.05, 3.63) is 53.0 Å². The molecule has 0 aromatic carbocycles. The van der Waals surface area contributed by atoms with Gasteiger partial charge in [0.2, 0.25) is 0 Å². The molecule has 2 aromatic heterocycles. The van der Waals surface area contributed by atoms with Crippen molar-refractivity contribution in [3.63, 3.8) is 0 Å². The third kappa shape index (κ3) is 11.5. The van der Waals surface area contributed by atoms with Crippen LogP contribution in [0.2, 0.25) is 0 Å². The van der Waals surface area contributed by atoms with Crippen LogP contribution in [-0.2, 0) is 29.0 Å². The molecule has 16 heteroatoms. The van der Waals surface area contributed by atoms with E-state index in [1.807, 2.05) is 18.3 Å². The fourth-order valence-electron chi connectivity index (χ4n) is 3.66. The van der Waals surface area contributed by atoms with E-state index in [-0.39, 0.29) is 5.91 Å². The van der Waals surface area contributed by atoms with Gasteiger partial charge in [-0.25, -0.2) is 14.6 Å². The SMILES string of the molecule is CN(C)C(=O)c1cc2c(nc1NCC1CC1)CCN(Cc1ccccn1)CC2.O=C(O)C(F)(F)F.O=C(O)C(F)(F)F. The number of pyridine rings is 2. The lowest BCUT2D eigenvalue weighted by atomic mass is 10.0. The van der Waals surface area contributed by atoms with Crippen molar-refractivity contribution in [2.75, 3.05) is 39.0 Å². The number of aromatic nitrogens is 2. The van der Waals surface area contributed by atoms with E-state index in [1.54, 1.807) is 19.0 Å². The van der Waals surface area contributed by atoms with Gasteiger partial charge in [-0.05, 0) is 48.9 Å². The first kappa shape index (κ1) is 34.3. The Morgan fingerprint density at radius 1 is 1.00 bits per heavy atom. The second-order valence-corrected chi connectivity index (χ2v) is 9.72. The number of hydrogen-bond donors (Lipinski definition) is 3. The average molecular weight is 608 g/mol. The largest absolute Gasteiger partial charge is 0.490 e. The Hall–Kier alpha value is -3.95. The summed E-state index contributed by atoms with van der Waals surface area (Å²) < 4.78 is 63.5. The molecule has 0 unspecified atom stereocenters. The molecule has 0 atom stereocenters. The van der Waals surface area contributed by atoms with Crippen molar-refractivity contribution in [1.82, 2.24) is 19.8 Å². The van der Waals surface area contributed by atoms with Gasteiger partial charge in [0.05, 0.1) is 11.3 Å². The fraction of sp³-hybridized carbons (Fsp3) is 0.500. The van der Waals surface area contributed by atoms with Gasteiger partial charge in [0.1, 0.15) is 5.82 Å². The standard InChI is InChI=1S/C22H29N5O.2C2HF3O2/c1-26(2)22(28)19-13-17-8-11-27(15-18-5-3-4-10-23-18)12-9-20(17)25-21(19)24-14-16-6-7-16;2*3-2(4,5)1(6)7/h3-5,10,13,16H,6-9,11-12,14-15H2,1-2H3,(H,24,25);2*(H,6,7). The van der Waals surface area contributed by atoms with Crippen LogP contribution in [0.15, 0.2) is 30.5 Å². The van der Waals surface area contributed by atoms with Crippen LogP contribution in [0.3, 0.4) is 0 Å². The number of fused-ring (bicyclic) bond motifs is 1. The second-order valence-electron chi connectivity index (χ2n) is 9.72. The lowest BCUT2D eigenvalue weighted by molar-refractivity contribution is -0.193. The van der Waals surface area contributed by atoms with E-state index in [9.17, 15) is 31.1 Å². The third-order valence-corrected chi connectivity index (χ3v) is 6.04. The van der Waals surface area contributed by atoms with E-state index in [0.717, 1.165) is 62.1 Å². The maximum atomic E-state index is 12.7. The molecule has 2 aromatic rings. The third-order valence-electron chi connectivity index (χ3n) is 6.04. The highest BCUT2D eigenvalue weighted by Gasteiger charge is 2.39. The summed E-state index contributed by atoms with van der Waals surface area (Å²) in [6.45, 7) is 3.67. The molecule has 0 radical (unpaired) electrons. The van der Waals surface area contributed by atoms with Crippen LogP contribution in [0.1, 0.15) is 40.2 Å². The fourth-order valence-corrected chi connectivity index (χ4v) is 3.66. The molecular formula is C26H31F6N5O5. The van der Waals surface area contributed by atoms with Crippen LogP contribution in [0, 0.1) is 5.92 Å². The van der Waals surface area contributed by atoms with Gasteiger partial charge >= 0.3 is 24.3 Å². The first-order valence-corrected chi connectivity index (χ1v) is 12.7. The number of halogens is 6. The molecule has 4 rings (SSSR count). The number of carbonyl (C=O) groups excluding carboxylic acids is 1. The van der Waals surface area contributed by atoms with Crippen LogP contribution in [0.4, 0.5) is 32.2 Å². The van der Waals surface area contributed by atoms with Crippen LogP contribution < -0.4 is 5.32 Å². The van der Waals surface area contributed by atoms with Crippen LogP contribution >= 0.6 is 0 Å². The van der Waals surface area contributed by atoms with Gasteiger partial charge < -0.3 is 20.4 Å². The van der Waals surface area contributed by atoms with E-state index in [1.165, 1.54) is 18.4 Å². The van der Waals surface area contributed by atoms with Crippen molar-refractivity contribution in [2.24, 2.45) is 5.92 Å². The van der Waals surface area contributed by atoms with Crippen molar-refractivity contribution in [2.45, 2.75) is 44.6 Å². The number of aliphatic carboxylic acids is 2. The molecule has 10 nitrogen and oxygen atoms in total. The Kier molecular flexibility index (Phi) is 12.1. The molecule has 1 aliphatic carbocycles. The van der Waals surface area contributed by atoms with E-state index in [4.69, 9.17) is 24.8 Å². The number of alkyl halides is 6. The van der Waals surface area contributed by atoms with Gasteiger partial charge in [0.25, 0.3) is 5.91 Å². The first-order chi connectivity index (χ1) is 19.5. The van der Waals surface area contributed by atoms with Gasteiger partial charge in [-0.15, -0.1) is 0 Å². The molecule has 0 bridgehead atoms. The van der Waals surface area contributed by atoms with Gasteiger partial charge in [-0.3, -0.25) is 14.7 Å². The van der Waals surface area contributed by atoms with Crippen molar-refractivity contribution >= 4 is 23.7 Å². The summed E-state index contributed by atoms with van der Waals surface area (Å²) in [4.78, 5) is 44.0. The van der Waals surface area contributed by atoms with Crippen LogP contribution in [0.5, 0.6) is 0 Å². The summed E-state index contributed by atoms with van der Waals surface area (Å²) in [6.07, 6.45) is -3.96. The summed E-state index contributed by atoms with van der Waals surface area (Å²) in [5.74, 6) is -4.01. The van der Waals surface area contributed by atoms with Gasteiger partial charge in [0.15, 0.2) is 0 Å². The maximum Gasteiger partial charge on any atom is 0.490 e. The van der Waals surface area contributed by atoms with E-state index in [0.29, 0.717) is 5.56 Å². The number of hydrogen-bond acceptors (Lipinski definition) is 7. The number of nitrogens with one attached hydrogen (secondary N) is 1. The monoisotopic (exact) mass is 607 g/mol. The zero-order valence-corrected chi connectivity index (χ0v) is 22.8. The summed E-state index contributed by atoms with van der Waals surface area (Å²) in [5, 5.41) is 17.7. The molecule has 3 N–H and O–H groups in total. The Bertz CT molecular complexity index is 1200. The Morgan fingerprint density at radius 2 is 1.57 bits per heavy atom. The zero-order chi connectivity index (χ0) is 31.7. The van der Waals surface area contributed by atoms with Crippen molar-refractivity contribution < 1.29 is 50.9 Å². The number of anilines is 1. The number of rotatable bonds is 6. The Balaban J connectivity index is 0.000000367. The topological polar surface area (TPSA) is 136 Å². The molecule has 1 amide bonds. The predicted octanol–water partition coefficient (Wildman–Crippen LogP) is 3.87. The van der Waals surface area contributed by atoms with E-state index < -0.39 is 24.3 Å². The highest BCUT2D eigenvalue weighted by atomic mass is 19.4. The zero-order valence-electron chi connectivity index (χ0n) is 22.8. The van der Waals surface area contributed by atoms with Crippen LogP contribution in [0.25, 0.3) is 0 Å². The second kappa shape index (κ2) is 14.8. The van der Waals surface area contributed by atoms with Gasteiger partial charge in [-0.2, -0.15) is 26.3 Å². The summed E-state index contributed by atoms with van der Waals surface area (Å²) >= 11 is 0. The van der Waals surface area contributed by atoms with E-state index >= 15 is 0 Å². The predicted molar refractivity (Wildman–Crippen MR) is 138 cm³/mol. The molecule has 232 valence electrons. The molecule has 1 saturated carbocycles. The van der Waals surface area contributed by atoms with E-state index in [2.05, 4.69) is 27.3 Å².